The fraction of sp³-hybridized carbons (Fsp3) is 0.708. The molecule has 1 aromatic rings. The molecule has 9 heteroatoms. The van der Waals surface area contributed by atoms with Crippen molar-refractivity contribution < 1.29 is 41.0 Å². The lowest BCUT2D eigenvalue weighted by Gasteiger charge is -2.50. The smallest absolute Gasteiger partial charge is 0.355 e. The van der Waals surface area contributed by atoms with Crippen LogP contribution in [0.2, 0.25) is 21.0 Å². The molecule has 5 rings (SSSR count). The minimum absolute atomic E-state index is 0.0584. The van der Waals surface area contributed by atoms with Gasteiger partial charge in [-0.2, -0.15) is 0 Å². The number of hydrogen-bond donors (Lipinski definition) is 1. The van der Waals surface area contributed by atoms with E-state index in [0.717, 1.165) is 0 Å². The highest BCUT2D eigenvalue weighted by molar-refractivity contribution is 6.74. The molecule has 1 amide bonds. The molecule has 6 atom stereocenters. The summed E-state index contributed by atoms with van der Waals surface area (Å²) >= 11 is 0. The largest absolute Gasteiger partial charge is 0.454 e. The number of rotatable bonds is 3. The van der Waals surface area contributed by atoms with Gasteiger partial charge in [-0.05, 0) is 43.6 Å². The first-order chi connectivity index (χ1) is 16.1. The van der Waals surface area contributed by atoms with Gasteiger partial charge < -0.3 is 28.1 Å². The molecule has 8 nitrogen and oxygen atoms in total. The third kappa shape index (κ3) is 3.64. The zero-order valence-corrected chi connectivity index (χ0v) is 21.6. The van der Waals surface area contributed by atoms with Crippen molar-refractivity contribution in [2.75, 3.05) is 13.9 Å². The molecule has 0 spiro atoms. The number of carbonyl (C=O) groups is 1. The van der Waals surface area contributed by atoms with Gasteiger partial charge in [-0.25, -0.2) is 4.79 Å². The summed E-state index contributed by atoms with van der Waals surface area (Å²) in [5.41, 5.74) is 0.935. The molecule has 0 radical (unpaired) electrons. The number of ether oxygens (including phenoxy) is 5. The van der Waals surface area contributed by atoms with E-state index >= 15 is 0 Å². The minimum atomic E-state index is -2.30. The molecule has 1 saturated carbocycles. The molecule has 33 heavy (non-hydrogen) atoms. The van der Waals surface area contributed by atoms with E-state index in [0.29, 0.717) is 17.1 Å². The van der Waals surface area contributed by atoms with Gasteiger partial charge in [-0.1, -0.05) is 20.8 Å². The van der Waals surface area contributed by atoms with E-state index < -0.39 is 61.7 Å². The van der Waals surface area contributed by atoms with Crippen LogP contribution in [0, 0.1) is 0 Å². The van der Waals surface area contributed by atoms with Crippen molar-refractivity contribution in [1.29, 1.82) is 0 Å². The van der Waals surface area contributed by atoms with Gasteiger partial charge in [0, 0.05) is 13.2 Å². The number of quaternary nitrogens is 1. The molecule has 0 unspecified atom stereocenters. The maximum atomic E-state index is 13.5. The summed E-state index contributed by atoms with van der Waals surface area (Å²) in [5, 5.41) is -1.44. The molecule has 1 aromatic carbocycles. The lowest BCUT2D eigenvalue weighted by molar-refractivity contribution is -0.617. The number of primary amides is 1. The number of fused-ring (bicyclic) bond motifs is 6. The number of amides is 1. The Morgan fingerprint density at radius 1 is 1.12 bits per heavy atom. The highest BCUT2D eigenvalue weighted by atomic mass is 28.4. The predicted molar refractivity (Wildman–Crippen MR) is 122 cm³/mol. The second kappa shape index (κ2) is 7.50. The average molecular weight is 483 g/mol. The Morgan fingerprint density at radius 2 is 1.76 bits per heavy atom. The van der Waals surface area contributed by atoms with Crippen LogP contribution in [0.3, 0.4) is 0 Å². The number of nitrogens with two attached hydrogens (primary N) is 1. The molecule has 182 valence electrons. The Hall–Kier alpha value is -1.49. The molecule has 3 heterocycles. The second-order valence-corrected chi connectivity index (χ2v) is 16.1. The summed E-state index contributed by atoms with van der Waals surface area (Å²) in [4.78, 5) is 13.5. The van der Waals surface area contributed by atoms with Crippen molar-refractivity contribution in [3.63, 3.8) is 0 Å². The predicted octanol–water partition coefficient (Wildman–Crippen LogP) is 2.52. The Morgan fingerprint density at radius 3 is 2.39 bits per heavy atom. The zero-order valence-electron chi connectivity index (χ0n) is 22.6. The van der Waals surface area contributed by atoms with Crippen molar-refractivity contribution >= 4 is 14.2 Å². The summed E-state index contributed by atoms with van der Waals surface area (Å²) < 4.78 is 54.7. The lowest BCUT2D eigenvalue weighted by atomic mass is 9.70. The zero-order chi connectivity index (χ0) is 25.7. The van der Waals surface area contributed by atoms with Crippen LogP contribution in [0.15, 0.2) is 12.1 Å². The van der Waals surface area contributed by atoms with Crippen LogP contribution >= 0.6 is 0 Å². The molecule has 2 fully saturated rings. The van der Waals surface area contributed by atoms with Crippen LogP contribution in [0.5, 0.6) is 11.5 Å². The van der Waals surface area contributed by atoms with Gasteiger partial charge in [-0.3, -0.25) is 5.30 Å². The molecule has 0 aromatic heterocycles. The molecular formula is C24H36NO7Si+. The normalized spacial score (nSPS) is 37.0. The third-order valence-electron chi connectivity index (χ3n) is 7.78. The molecule has 2 N–H and O–H groups in total. The molecule has 4 aliphatic rings. The van der Waals surface area contributed by atoms with Gasteiger partial charge in [0.2, 0.25) is 6.79 Å². The van der Waals surface area contributed by atoms with Crippen molar-refractivity contribution in [1.82, 2.24) is 0 Å². The highest BCUT2D eigenvalue weighted by Crippen LogP contribution is 2.50. The van der Waals surface area contributed by atoms with Crippen molar-refractivity contribution in [2.24, 2.45) is 0 Å². The first-order valence-corrected chi connectivity index (χ1v) is 14.5. The first-order valence-electron chi connectivity index (χ1n) is 12.5. The Kier molecular flexibility index (Phi) is 4.74. The Labute approximate surface area is 199 Å². The summed E-state index contributed by atoms with van der Waals surface area (Å²) in [5.74, 6) is -1.17. The first kappa shape index (κ1) is 20.8. The van der Waals surface area contributed by atoms with E-state index in [4.69, 9.17) is 30.9 Å². The van der Waals surface area contributed by atoms with Crippen LogP contribution in [0.4, 0.5) is 0 Å². The van der Waals surface area contributed by atoms with Crippen LogP contribution < -0.4 is 14.8 Å². The SMILES string of the molecule is [3H][N+]1([3H])C(=O)c2cc3c(cc2[C@H]2[C@@H](OC)[C@H](O[Si](C)(C)C(C)(C)C)[C@H]4OC(C)(C)O[C@H]4[C@@H]21)OCO3. The lowest BCUT2D eigenvalue weighted by Crippen LogP contribution is -3.00. The third-order valence-corrected chi connectivity index (χ3v) is 12.3. The van der Waals surface area contributed by atoms with Crippen molar-refractivity contribution in [3.05, 3.63) is 23.3 Å². The van der Waals surface area contributed by atoms with Gasteiger partial charge >= 0.3 is 8.73 Å². The van der Waals surface area contributed by atoms with Gasteiger partial charge in [0.25, 0.3) is 0 Å². The molecule has 1 aliphatic carbocycles. The molecular weight excluding hydrogens is 442 g/mol. The van der Waals surface area contributed by atoms with E-state index in [9.17, 15) is 4.79 Å². The summed E-state index contributed by atoms with van der Waals surface area (Å²) in [6.45, 7) is 14.5. The number of methoxy groups -OCH3 is 1. The number of hydrogen-bond acceptors (Lipinski definition) is 7. The molecule has 3 aliphatic heterocycles. The van der Waals surface area contributed by atoms with Gasteiger partial charge in [0.1, 0.15) is 24.4 Å². The second-order valence-electron chi connectivity index (χ2n) is 11.4. The fourth-order valence-electron chi connectivity index (χ4n) is 5.20. The van der Waals surface area contributed by atoms with Gasteiger partial charge in [0.15, 0.2) is 25.6 Å². The quantitative estimate of drug-likeness (QED) is 0.662. The van der Waals surface area contributed by atoms with E-state index in [1.807, 2.05) is 13.8 Å². The Balaban J connectivity index is 1.70. The van der Waals surface area contributed by atoms with E-state index in [2.05, 4.69) is 33.9 Å². The van der Waals surface area contributed by atoms with Gasteiger partial charge in [0.05, 0.1) is 17.6 Å². The highest BCUT2D eigenvalue weighted by Gasteiger charge is 2.64. The molecule has 1 saturated heterocycles. The van der Waals surface area contributed by atoms with E-state index in [-0.39, 0.29) is 17.4 Å². The summed E-state index contributed by atoms with van der Waals surface area (Å²) in [6, 6.07) is 2.50. The van der Waals surface area contributed by atoms with Crippen molar-refractivity contribution in [3.8, 4) is 11.5 Å². The summed E-state index contributed by atoms with van der Waals surface area (Å²) in [7, 11) is -0.689. The van der Waals surface area contributed by atoms with Crippen LogP contribution in [-0.2, 0) is 18.6 Å². The van der Waals surface area contributed by atoms with Gasteiger partial charge in [-0.15, -0.1) is 0 Å². The standard InChI is InChI=1S/C24H35NO7Si/c1-23(2,3)33(7,8)32-21-18(27-6)16-12-9-14-15(29-11-28-14)10-13(12)22(26)25-17(16)19-20(21)31-24(4,5)30-19/h9-10,16-21H,11H2,1-8H3,(H,25,26)/p+1/t16-,17-,18-,19+,20+,21+/m1/s1/i/hT2. The Bertz CT molecular complexity index is 1060. The average Bonchev–Trinajstić information content (AvgIpc) is 3.32. The number of carbonyl (C=O) groups excluding carboxylic acids is 1. The monoisotopic (exact) mass is 482 g/mol. The maximum absolute atomic E-state index is 13.5. The van der Waals surface area contributed by atoms with Crippen LogP contribution in [0.25, 0.3) is 0 Å². The van der Waals surface area contributed by atoms with E-state index in [1.54, 1.807) is 19.2 Å². The summed E-state index contributed by atoms with van der Waals surface area (Å²) in [6.07, 6.45) is -2.40. The minimum Gasteiger partial charge on any atom is -0.454 e. The number of benzene rings is 1. The maximum Gasteiger partial charge on any atom is 0.355 e. The fourth-order valence-corrected chi connectivity index (χ4v) is 6.50. The topological polar surface area (TPSA) is 89.1 Å². The molecule has 0 bridgehead atoms. The van der Waals surface area contributed by atoms with E-state index in [1.165, 1.54) is 0 Å². The van der Waals surface area contributed by atoms with Crippen LogP contribution in [0.1, 0.15) is 56.5 Å². The van der Waals surface area contributed by atoms with Crippen molar-refractivity contribution in [2.45, 2.75) is 94.9 Å². The van der Waals surface area contributed by atoms with Crippen LogP contribution in [-0.4, -0.2) is 64.4 Å².